The van der Waals surface area contributed by atoms with Gasteiger partial charge in [0.05, 0.1) is 19.4 Å². The maximum Gasteiger partial charge on any atom is 0.493 e. The number of ether oxygens (including phenoxy) is 2. The lowest BCUT2D eigenvalue weighted by atomic mass is 10.1. The molecular weight excluding hydrogens is 589 g/mol. The van der Waals surface area contributed by atoms with Crippen LogP contribution in [0.3, 0.4) is 0 Å². The van der Waals surface area contributed by atoms with Gasteiger partial charge >= 0.3 is 24.3 Å². The van der Waals surface area contributed by atoms with Crippen molar-refractivity contribution in [1.82, 2.24) is 5.32 Å². The van der Waals surface area contributed by atoms with E-state index in [2.05, 4.69) is 25.5 Å². The number of nitrogens with zero attached hydrogens (tertiary/aromatic N) is 1. The number of carbonyl (C=O) groups excluding carboxylic acids is 3. The SMILES string of the molecule is COC(=O)N(OC(=O)C(F)(F)F)c1ccccc1NC(=O)Nc1ccc(C[C@@H](CO)NC[C@H](O)COc2ccccc2)cc1. The van der Waals surface area contributed by atoms with Crippen LogP contribution in [-0.2, 0) is 20.8 Å². The van der Waals surface area contributed by atoms with Gasteiger partial charge in [0, 0.05) is 18.3 Å². The molecule has 0 bridgehead atoms. The Balaban J connectivity index is 1.55. The first-order valence-corrected chi connectivity index (χ1v) is 13.1. The molecular formula is C29H31F3N4O8. The molecule has 0 radical (unpaired) electrons. The third-order valence-electron chi connectivity index (χ3n) is 5.86. The number of urea groups is 1. The van der Waals surface area contributed by atoms with Crippen molar-refractivity contribution in [2.75, 3.05) is 42.6 Å². The van der Waals surface area contributed by atoms with Gasteiger partial charge in [-0.15, -0.1) is 5.06 Å². The number of carbonyl (C=O) groups is 3. The number of hydrogen-bond donors (Lipinski definition) is 5. The molecule has 0 unspecified atom stereocenters. The molecule has 0 spiro atoms. The fourth-order valence-electron chi connectivity index (χ4n) is 3.72. The predicted octanol–water partition coefficient (Wildman–Crippen LogP) is 3.86. The number of para-hydroxylation sites is 3. The summed E-state index contributed by atoms with van der Waals surface area (Å²) in [6, 6.07) is 19.6. The minimum Gasteiger partial charge on any atom is -0.491 e. The number of aliphatic hydroxyl groups is 2. The number of alkyl halides is 3. The smallest absolute Gasteiger partial charge is 0.491 e. The lowest BCUT2D eigenvalue weighted by molar-refractivity contribution is -0.200. The summed E-state index contributed by atoms with van der Waals surface area (Å²) >= 11 is 0. The Morgan fingerprint density at radius 2 is 1.59 bits per heavy atom. The number of benzene rings is 3. The summed E-state index contributed by atoms with van der Waals surface area (Å²) in [7, 11) is 0.869. The number of nitrogens with one attached hydrogen (secondary N) is 3. The Morgan fingerprint density at radius 3 is 2.23 bits per heavy atom. The zero-order chi connectivity index (χ0) is 32.1. The zero-order valence-corrected chi connectivity index (χ0v) is 23.4. The van der Waals surface area contributed by atoms with Crippen molar-refractivity contribution in [2.24, 2.45) is 0 Å². The maximum absolute atomic E-state index is 12.8. The third kappa shape index (κ3) is 10.4. The first-order valence-electron chi connectivity index (χ1n) is 13.1. The van der Waals surface area contributed by atoms with Crippen molar-refractivity contribution < 1.29 is 52.1 Å². The Kier molecular flexibility index (Phi) is 12.3. The molecule has 5 N–H and O–H groups in total. The molecule has 0 saturated carbocycles. The van der Waals surface area contributed by atoms with Crippen molar-refractivity contribution in [2.45, 2.75) is 24.7 Å². The summed E-state index contributed by atoms with van der Waals surface area (Å²) < 4.78 is 48.2. The molecule has 0 heterocycles. The van der Waals surface area contributed by atoms with Crippen molar-refractivity contribution >= 4 is 35.2 Å². The molecule has 0 aliphatic carbocycles. The second kappa shape index (κ2) is 16.1. The van der Waals surface area contributed by atoms with E-state index in [1.54, 1.807) is 36.4 Å². The molecule has 0 aliphatic rings. The van der Waals surface area contributed by atoms with Gasteiger partial charge in [0.15, 0.2) is 0 Å². The highest BCUT2D eigenvalue weighted by Crippen LogP contribution is 2.29. The van der Waals surface area contributed by atoms with Crippen molar-refractivity contribution in [1.29, 1.82) is 0 Å². The molecule has 0 saturated heterocycles. The molecule has 0 aliphatic heterocycles. The molecule has 44 heavy (non-hydrogen) atoms. The molecule has 3 aromatic carbocycles. The van der Waals surface area contributed by atoms with Crippen LogP contribution < -0.4 is 25.8 Å². The number of anilines is 3. The molecule has 2 atom stereocenters. The quantitative estimate of drug-likeness (QED) is 0.190. The lowest BCUT2D eigenvalue weighted by Gasteiger charge is -2.22. The van der Waals surface area contributed by atoms with E-state index in [-0.39, 0.29) is 36.6 Å². The molecule has 3 rings (SSSR count). The number of amides is 3. The fraction of sp³-hybridized carbons (Fsp3) is 0.276. The van der Waals surface area contributed by atoms with E-state index >= 15 is 0 Å². The summed E-state index contributed by atoms with van der Waals surface area (Å²) in [5.74, 6) is -2.04. The van der Waals surface area contributed by atoms with Gasteiger partial charge in [-0.25, -0.2) is 14.4 Å². The third-order valence-corrected chi connectivity index (χ3v) is 5.86. The molecule has 0 fully saturated rings. The summed E-state index contributed by atoms with van der Waals surface area (Å²) in [5.41, 5.74) is 0.582. The molecule has 3 amide bonds. The molecule has 15 heteroatoms. The number of halogens is 3. The van der Waals surface area contributed by atoms with Crippen LogP contribution >= 0.6 is 0 Å². The van der Waals surface area contributed by atoms with Crippen molar-refractivity contribution in [3.63, 3.8) is 0 Å². The van der Waals surface area contributed by atoms with Crippen LogP contribution in [-0.4, -0.2) is 73.5 Å². The van der Waals surface area contributed by atoms with Crippen molar-refractivity contribution in [3.05, 3.63) is 84.4 Å². The fourth-order valence-corrected chi connectivity index (χ4v) is 3.72. The summed E-state index contributed by atoms with van der Waals surface area (Å²) in [5, 5.41) is 27.9. The Hall–Kier alpha value is -4.86. The predicted molar refractivity (Wildman–Crippen MR) is 153 cm³/mol. The molecule has 0 aromatic heterocycles. The van der Waals surface area contributed by atoms with E-state index in [9.17, 15) is 37.8 Å². The number of hydroxylamine groups is 1. The van der Waals surface area contributed by atoms with Gasteiger partial charge in [-0.3, -0.25) is 0 Å². The highest BCUT2D eigenvalue weighted by atomic mass is 19.4. The molecule has 236 valence electrons. The molecule has 3 aromatic rings. The number of hydrogen-bond acceptors (Lipinski definition) is 9. The van der Waals surface area contributed by atoms with Crippen LogP contribution in [0.5, 0.6) is 5.75 Å². The summed E-state index contributed by atoms with van der Waals surface area (Å²) in [6.45, 7) is 0.0542. The monoisotopic (exact) mass is 620 g/mol. The largest absolute Gasteiger partial charge is 0.493 e. The first kappa shape index (κ1) is 33.6. The van der Waals surface area contributed by atoms with Crippen LogP contribution in [0.2, 0.25) is 0 Å². The Morgan fingerprint density at radius 1 is 0.932 bits per heavy atom. The van der Waals surface area contributed by atoms with Crippen LogP contribution in [0.25, 0.3) is 0 Å². The maximum atomic E-state index is 12.8. The summed E-state index contributed by atoms with van der Waals surface area (Å²) in [4.78, 5) is 40.3. The van der Waals surface area contributed by atoms with Gasteiger partial charge in [-0.05, 0) is 48.4 Å². The van der Waals surface area contributed by atoms with Gasteiger partial charge in [-0.2, -0.15) is 13.2 Å². The van der Waals surface area contributed by atoms with E-state index in [1.807, 2.05) is 18.2 Å². The number of aliphatic hydroxyl groups excluding tert-OH is 2. The normalized spacial score (nSPS) is 12.4. The Labute approximate surface area is 250 Å². The minimum absolute atomic E-state index is 0.0266. The van der Waals surface area contributed by atoms with Gasteiger partial charge < -0.3 is 40.5 Å². The minimum atomic E-state index is -5.40. The standard InChI is InChI=1S/C29H31F3N4O8/c1-42-28(41)36(44-26(39)29(30,31)32)25-10-6-5-9-24(25)35-27(40)34-20-13-11-19(12-14-20)15-21(17-37)33-16-22(38)18-43-23-7-3-2-4-8-23/h2-14,21-22,33,37-38H,15-18H2,1H3,(H2,34,35,40)/t21-,22-/m0/s1. The Bertz CT molecular complexity index is 1380. The van der Waals surface area contributed by atoms with E-state index in [0.717, 1.165) is 18.7 Å². The van der Waals surface area contributed by atoms with Crippen LogP contribution in [0, 0.1) is 0 Å². The summed E-state index contributed by atoms with van der Waals surface area (Å²) in [6.07, 6.45) is -7.25. The second-order valence-corrected chi connectivity index (χ2v) is 9.20. The van der Waals surface area contributed by atoms with E-state index < -0.39 is 36.1 Å². The molecule has 12 nitrogen and oxygen atoms in total. The average molecular weight is 621 g/mol. The zero-order valence-electron chi connectivity index (χ0n) is 23.4. The average Bonchev–Trinajstić information content (AvgIpc) is 3.01. The van der Waals surface area contributed by atoms with Crippen LogP contribution in [0.15, 0.2) is 78.9 Å². The highest BCUT2D eigenvalue weighted by molar-refractivity contribution is 6.03. The van der Waals surface area contributed by atoms with Gasteiger partial charge in [-0.1, -0.05) is 42.5 Å². The van der Waals surface area contributed by atoms with E-state index in [4.69, 9.17) is 4.74 Å². The van der Waals surface area contributed by atoms with Crippen LogP contribution in [0.4, 0.5) is 39.8 Å². The topological polar surface area (TPSA) is 159 Å². The van der Waals surface area contributed by atoms with Gasteiger partial charge in [0.1, 0.15) is 24.1 Å². The van der Waals surface area contributed by atoms with Crippen LogP contribution in [0.1, 0.15) is 5.56 Å². The van der Waals surface area contributed by atoms with E-state index in [0.29, 0.717) is 17.9 Å². The highest BCUT2D eigenvalue weighted by Gasteiger charge is 2.44. The number of rotatable bonds is 12. The second-order valence-electron chi connectivity index (χ2n) is 9.20. The first-order chi connectivity index (χ1) is 21.0. The van der Waals surface area contributed by atoms with Gasteiger partial charge in [0.25, 0.3) is 0 Å². The number of methoxy groups -OCH3 is 1. The lowest BCUT2D eigenvalue weighted by Crippen LogP contribution is -2.41. The van der Waals surface area contributed by atoms with Crippen molar-refractivity contribution in [3.8, 4) is 5.75 Å². The van der Waals surface area contributed by atoms with Gasteiger partial charge in [0.2, 0.25) is 0 Å². The van der Waals surface area contributed by atoms with E-state index in [1.165, 1.54) is 18.2 Å².